The molecule has 5 heteroatoms. The van der Waals surface area contributed by atoms with Gasteiger partial charge < -0.3 is 5.32 Å². The molecule has 2 aromatic heterocycles. The molecular formula is C11H14ClN3S. The molecule has 0 bridgehead atoms. The van der Waals surface area contributed by atoms with Gasteiger partial charge in [-0.05, 0) is 31.7 Å². The van der Waals surface area contributed by atoms with Gasteiger partial charge in [-0.15, -0.1) is 22.9 Å². The summed E-state index contributed by atoms with van der Waals surface area (Å²) in [6.45, 7) is 4.24. The smallest absolute Gasteiger partial charge is 0.147 e. The van der Waals surface area contributed by atoms with E-state index < -0.39 is 0 Å². The number of fused-ring (bicyclic) bond motifs is 1. The van der Waals surface area contributed by atoms with E-state index in [1.807, 2.05) is 11.4 Å². The second-order valence-corrected chi connectivity index (χ2v) is 5.60. The van der Waals surface area contributed by atoms with Crippen LogP contribution >= 0.6 is 22.9 Å². The summed E-state index contributed by atoms with van der Waals surface area (Å²) in [5.74, 6) is 1.54. The molecule has 1 N–H and O–H groups in total. The zero-order chi connectivity index (χ0) is 11.6. The minimum absolute atomic E-state index is 0.0486. The topological polar surface area (TPSA) is 37.8 Å². The van der Waals surface area contributed by atoms with Crippen molar-refractivity contribution in [1.82, 2.24) is 9.97 Å². The van der Waals surface area contributed by atoms with E-state index in [1.54, 1.807) is 17.7 Å². The lowest BCUT2D eigenvalue weighted by Crippen LogP contribution is -2.31. The van der Waals surface area contributed by atoms with Gasteiger partial charge in [0.05, 0.1) is 10.2 Å². The van der Waals surface area contributed by atoms with Gasteiger partial charge in [0, 0.05) is 11.4 Å². The van der Waals surface area contributed by atoms with Crippen molar-refractivity contribution in [2.24, 2.45) is 0 Å². The third-order valence-corrected chi connectivity index (χ3v) is 3.52. The molecule has 0 aliphatic rings. The van der Waals surface area contributed by atoms with Crippen molar-refractivity contribution >= 4 is 39.0 Å². The third-order valence-electron chi connectivity index (χ3n) is 2.42. The average molecular weight is 256 g/mol. The number of halogens is 1. The average Bonchev–Trinajstić information content (AvgIpc) is 2.65. The van der Waals surface area contributed by atoms with Crippen molar-refractivity contribution in [2.45, 2.75) is 25.8 Å². The van der Waals surface area contributed by atoms with Gasteiger partial charge in [-0.2, -0.15) is 0 Å². The van der Waals surface area contributed by atoms with Crippen LogP contribution in [-0.4, -0.2) is 21.4 Å². The summed E-state index contributed by atoms with van der Waals surface area (Å²) in [5.41, 5.74) is 0.941. The minimum atomic E-state index is -0.0486. The van der Waals surface area contributed by atoms with Crippen molar-refractivity contribution in [2.75, 3.05) is 11.2 Å². The minimum Gasteiger partial charge on any atom is -0.364 e. The van der Waals surface area contributed by atoms with E-state index in [2.05, 4.69) is 29.1 Å². The van der Waals surface area contributed by atoms with E-state index in [0.29, 0.717) is 5.88 Å². The van der Waals surface area contributed by atoms with Crippen molar-refractivity contribution in [1.29, 1.82) is 0 Å². The molecule has 2 heterocycles. The van der Waals surface area contributed by atoms with Gasteiger partial charge in [-0.1, -0.05) is 0 Å². The Morgan fingerprint density at radius 1 is 1.44 bits per heavy atom. The number of hydrogen-bond acceptors (Lipinski definition) is 4. The third kappa shape index (κ3) is 2.44. The Morgan fingerprint density at radius 2 is 2.25 bits per heavy atom. The maximum absolute atomic E-state index is 5.78. The van der Waals surface area contributed by atoms with Crippen LogP contribution in [0.15, 0.2) is 17.8 Å². The van der Waals surface area contributed by atoms with Crippen LogP contribution in [0, 0.1) is 0 Å². The molecule has 0 amide bonds. The molecular weight excluding hydrogens is 242 g/mol. The summed E-state index contributed by atoms with van der Waals surface area (Å²) in [5, 5.41) is 5.45. The van der Waals surface area contributed by atoms with Crippen LogP contribution in [0.4, 0.5) is 5.82 Å². The fourth-order valence-corrected chi connectivity index (χ4v) is 2.76. The van der Waals surface area contributed by atoms with Crippen molar-refractivity contribution in [3.8, 4) is 0 Å². The Labute approximate surface area is 104 Å². The number of nitrogens with one attached hydrogen (secondary N) is 1. The number of aromatic nitrogens is 2. The van der Waals surface area contributed by atoms with E-state index in [-0.39, 0.29) is 5.54 Å². The first-order valence-electron chi connectivity index (χ1n) is 5.15. The fraction of sp³-hybridized carbons (Fsp3) is 0.455. The molecule has 0 radical (unpaired) electrons. The summed E-state index contributed by atoms with van der Waals surface area (Å²) >= 11 is 7.43. The highest BCUT2D eigenvalue weighted by atomic mass is 35.5. The summed E-state index contributed by atoms with van der Waals surface area (Å²) in [6, 6.07) is 2.00. The highest BCUT2D eigenvalue weighted by Gasteiger charge is 2.18. The Balaban J connectivity index is 2.30. The summed E-state index contributed by atoms with van der Waals surface area (Å²) in [4.78, 5) is 8.50. The summed E-state index contributed by atoms with van der Waals surface area (Å²) < 4.78 is 1.10. The van der Waals surface area contributed by atoms with Gasteiger partial charge in [0.1, 0.15) is 12.1 Å². The van der Waals surface area contributed by atoms with Crippen LogP contribution in [0.1, 0.15) is 20.3 Å². The SMILES string of the molecule is CC(C)(CCCl)Nc1ncnc2ccsc12. The van der Waals surface area contributed by atoms with Crippen LogP contribution in [-0.2, 0) is 0 Å². The van der Waals surface area contributed by atoms with Crippen LogP contribution in [0.25, 0.3) is 10.2 Å². The first kappa shape index (κ1) is 11.6. The quantitative estimate of drug-likeness (QED) is 0.850. The van der Waals surface area contributed by atoms with Crippen LogP contribution in [0.3, 0.4) is 0 Å². The Hall–Kier alpha value is -0.870. The molecule has 2 aromatic rings. The zero-order valence-electron chi connectivity index (χ0n) is 9.33. The van der Waals surface area contributed by atoms with Gasteiger partial charge in [0.15, 0.2) is 0 Å². The summed E-state index contributed by atoms with van der Waals surface area (Å²) in [7, 11) is 0. The second-order valence-electron chi connectivity index (χ2n) is 4.31. The molecule has 0 saturated heterocycles. The van der Waals surface area contributed by atoms with Crippen LogP contribution in [0.2, 0.25) is 0 Å². The van der Waals surface area contributed by atoms with Crippen LogP contribution < -0.4 is 5.32 Å². The van der Waals surface area contributed by atoms with Crippen molar-refractivity contribution in [3.63, 3.8) is 0 Å². The largest absolute Gasteiger partial charge is 0.364 e. The zero-order valence-corrected chi connectivity index (χ0v) is 10.9. The fourth-order valence-electron chi connectivity index (χ4n) is 1.50. The number of alkyl halides is 1. The van der Waals surface area contributed by atoms with E-state index >= 15 is 0 Å². The Kier molecular flexibility index (Phi) is 3.30. The van der Waals surface area contributed by atoms with E-state index in [4.69, 9.17) is 11.6 Å². The number of anilines is 1. The van der Waals surface area contributed by atoms with Gasteiger partial charge in [0.25, 0.3) is 0 Å². The van der Waals surface area contributed by atoms with Gasteiger partial charge in [-0.25, -0.2) is 9.97 Å². The predicted molar refractivity (Wildman–Crippen MR) is 70.5 cm³/mol. The van der Waals surface area contributed by atoms with Crippen molar-refractivity contribution in [3.05, 3.63) is 17.8 Å². The maximum atomic E-state index is 5.78. The van der Waals surface area contributed by atoms with Gasteiger partial charge >= 0.3 is 0 Å². The molecule has 16 heavy (non-hydrogen) atoms. The first-order chi connectivity index (χ1) is 7.62. The van der Waals surface area contributed by atoms with Gasteiger partial charge in [0.2, 0.25) is 0 Å². The lowest BCUT2D eigenvalue weighted by molar-refractivity contribution is 0.549. The lowest BCUT2D eigenvalue weighted by Gasteiger charge is -2.26. The number of rotatable bonds is 4. The standard InChI is InChI=1S/C11H14ClN3S/c1-11(2,4-5-12)15-10-9-8(3-6-16-9)13-7-14-10/h3,6-7H,4-5H2,1-2H3,(H,13,14,15). The van der Waals surface area contributed by atoms with Gasteiger partial charge in [-0.3, -0.25) is 0 Å². The summed E-state index contributed by atoms with van der Waals surface area (Å²) in [6.07, 6.45) is 2.49. The molecule has 86 valence electrons. The maximum Gasteiger partial charge on any atom is 0.147 e. The van der Waals surface area contributed by atoms with E-state index in [9.17, 15) is 0 Å². The Morgan fingerprint density at radius 3 is 3.00 bits per heavy atom. The molecule has 0 aliphatic heterocycles. The molecule has 0 spiro atoms. The predicted octanol–water partition coefficient (Wildman–Crippen LogP) is 3.51. The molecule has 0 atom stereocenters. The monoisotopic (exact) mass is 255 g/mol. The first-order valence-corrected chi connectivity index (χ1v) is 6.56. The molecule has 0 aliphatic carbocycles. The molecule has 2 rings (SSSR count). The molecule has 0 unspecified atom stereocenters. The molecule has 0 saturated carbocycles. The Bertz CT molecular complexity index is 481. The molecule has 0 fully saturated rings. The van der Waals surface area contributed by atoms with E-state index in [1.165, 1.54) is 0 Å². The van der Waals surface area contributed by atoms with Crippen molar-refractivity contribution < 1.29 is 0 Å². The molecule has 3 nitrogen and oxygen atoms in total. The van der Waals surface area contributed by atoms with E-state index in [0.717, 1.165) is 22.5 Å². The number of hydrogen-bond donors (Lipinski definition) is 1. The normalized spacial score (nSPS) is 11.9. The molecule has 0 aromatic carbocycles. The second kappa shape index (κ2) is 4.55. The number of thiophene rings is 1. The highest BCUT2D eigenvalue weighted by molar-refractivity contribution is 7.17. The number of nitrogens with zero attached hydrogens (tertiary/aromatic N) is 2. The lowest BCUT2D eigenvalue weighted by atomic mass is 10.0. The van der Waals surface area contributed by atoms with Crippen LogP contribution in [0.5, 0.6) is 0 Å². The highest BCUT2D eigenvalue weighted by Crippen LogP contribution is 2.27.